The molecular formula is C13H13Cl2N3O2S. The summed E-state index contributed by atoms with van der Waals surface area (Å²) in [6.07, 6.45) is 0. The predicted octanol–water partition coefficient (Wildman–Crippen LogP) is 3.39. The summed E-state index contributed by atoms with van der Waals surface area (Å²) < 4.78 is 27.3. The fourth-order valence-corrected chi connectivity index (χ4v) is 3.96. The second-order valence-electron chi connectivity index (χ2n) is 4.50. The van der Waals surface area contributed by atoms with Crippen molar-refractivity contribution in [2.24, 2.45) is 0 Å². The molecule has 2 aromatic rings. The Morgan fingerprint density at radius 3 is 2.43 bits per heavy atom. The van der Waals surface area contributed by atoms with Crippen LogP contribution in [0.25, 0.3) is 0 Å². The molecule has 21 heavy (non-hydrogen) atoms. The average molecular weight is 346 g/mol. The van der Waals surface area contributed by atoms with Gasteiger partial charge in [-0.05, 0) is 38.1 Å². The number of halogens is 2. The van der Waals surface area contributed by atoms with Crippen LogP contribution in [0, 0.1) is 13.8 Å². The van der Waals surface area contributed by atoms with Gasteiger partial charge in [-0.15, -0.1) is 0 Å². The van der Waals surface area contributed by atoms with E-state index in [-0.39, 0.29) is 20.6 Å². The number of nitrogens with zero attached hydrogens (tertiary/aromatic N) is 1. The van der Waals surface area contributed by atoms with Crippen LogP contribution in [0.3, 0.4) is 0 Å². The van der Waals surface area contributed by atoms with Crippen LogP contribution in [0.2, 0.25) is 10.0 Å². The number of hydrogen-bond acceptors (Lipinski definition) is 4. The molecular weight excluding hydrogens is 333 g/mol. The van der Waals surface area contributed by atoms with Gasteiger partial charge in [0.2, 0.25) is 0 Å². The van der Waals surface area contributed by atoms with E-state index in [0.717, 1.165) is 5.69 Å². The second kappa shape index (κ2) is 5.71. The monoisotopic (exact) mass is 345 g/mol. The number of nitrogen functional groups attached to an aromatic ring is 1. The molecule has 1 heterocycles. The summed E-state index contributed by atoms with van der Waals surface area (Å²) in [6, 6.07) is 6.00. The van der Waals surface area contributed by atoms with Crippen molar-refractivity contribution in [3.63, 3.8) is 0 Å². The topological polar surface area (TPSA) is 85.1 Å². The number of aryl methyl sites for hydroxylation is 2. The largest absolute Gasteiger partial charge is 0.398 e. The van der Waals surface area contributed by atoms with Crippen LogP contribution in [-0.4, -0.2) is 13.4 Å². The average Bonchev–Trinajstić information content (AvgIpc) is 2.30. The molecule has 0 aliphatic rings. The molecule has 0 amide bonds. The molecule has 0 bridgehead atoms. The first kappa shape index (κ1) is 15.9. The van der Waals surface area contributed by atoms with Crippen molar-refractivity contribution < 1.29 is 8.42 Å². The Kier molecular flexibility index (Phi) is 4.32. The maximum atomic E-state index is 12.4. The highest BCUT2D eigenvalue weighted by atomic mass is 35.5. The molecule has 0 aliphatic heterocycles. The van der Waals surface area contributed by atoms with Crippen molar-refractivity contribution in [1.29, 1.82) is 0 Å². The third-order valence-corrected chi connectivity index (χ3v) is 4.89. The minimum atomic E-state index is -3.93. The van der Waals surface area contributed by atoms with Crippen molar-refractivity contribution in [3.05, 3.63) is 45.7 Å². The van der Waals surface area contributed by atoms with Crippen LogP contribution in [-0.2, 0) is 10.0 Å². The molecule has 0 atom stereocenters. The Morgan fingerprint density at radius 1 is 1.19 bits per heavy atom. The number of benzene rings is 1. The number of rotatable bonds is 3. The molecule has 5 nitrogen and oxygen atoms in total. The summed E-state index contributed by atoms with van der Waals surface area (Å²) in [4.78, 5) is 4.00. The molecule has 1 aromatic carbocycles. The van der Waals surface area contributed by atoms with E-state index >= 15 is 0 Å². The van der Waals surface area contributed by atoms with E-state index in [9.17, 15) is 8.42 Å². The highest BCUT2D eigenvalue weighted by molar-refractivity contribution is 7.93. The van der Waals surface area contributed by atoms with Crippen molar-refractivity contribution in [2.45, 2.75) is 18.7 Å². The molecule has 2 rings (SSSR count). The van der Waals surface area contributed by atoms with E-state index in [0.29, 0.717) is 11.4 Å². The normalized spacial score (nSPS) is 11.4. The Morgan fingerprint density at radius 2 is 1.86 bits per heavy atom. The lowest BCUT2D eigenvalue weighted by Gasteiger charge is -2.13. The quantitative estimate of drug-likeness (QED) is 0.835. The zero-order valence-electron chi connectivity index (χ0n) is 11.3. The van der Waals surface area contributed by atoms with E-state index in [1.807, 2.05) is 6.92 Å². The van der Waals surface area contributed by atoms with Gasteiger partial charge in [0, 0.05) is 10.7 Å². The minimum absolute atomic E-state index is 0.0160. The standard InChI is InChI=1S/C13H13Cl2N3O2S/c1-7-3-4-12(8(2)17-7)18-21(19,20)13-10(15)5-9(14)6-11(13)16/h3-6,18H,16H2,1-2H3. The summed E-state index contributed by atoms with van der Waals surface area (Å²) in [7, 11) is -3.93. The zero-order valence-corrected chi connectivity index (χ0v) is 13.6. The minimum Gasteiger partial charge on any atom is -0.398 e. The van der Waals surface area contributed by atoms with Crippen LogP contribution >= 0.6 is 23.2 Å². The summed E-state index contributed by atoms with van der Waals surface area (Å²) in [5, 5.41) is 0.231. The number of sulfonamides is 1. The Bertz CT molecular complexity index is 784. The fraction of sp³-hybridized carbons (Fsp3) is 0.154. The third kappa shape index (κ3) is 3.40. The Hall–Kier alpha value is -1.50. The SMILES string of the molecule is Cc1ccc(NS(=O)(=O)c2c(N)cc(Cl)cc2Cl)c(C)n1. The molecule has 0 unspecified atom stereocenters. The zero-order chi connectivity index (χ0) is 15.8. The first-order chi connectivity index (χ1) is 9.70. The van der Waals surface area contributed by atoms with E-state index < -0.39 is 10.0 Å². The molecule has 0 fully saturated rings. The van der Waals surface area contributed by atoms with Crippen LogP contribution in [0.15, 0.2) is 29.2 Å². The van der Waals surface area contributed by atoms with Crippen LogP contribution in [0.1, 0.15) is 11.4 Å². The number of hydrogen-bond donors (Lipinski definition) is 2. The highest BCUT2D eigenvalue weighted by Gasteiger charge is 2.23. The van der Waals surface area contributed by atoms with Gasteiger partial charge in [-0.25, -0.2) is 8.42 Å². The lowest BCUT2D eigenvalue weighted by molar-refractivity contribution is 0.601. The molecule has 112 valence electrons. The third-order valence-electron chi connectivity index (χ3n) is 2.78. The summed E-state index contributed by atoms with van der Waals surface area (Å²) in [6.45, 7) is 3.52. The lowest BCUT2D eigenvalue weighted by atomic mass is 10.3. The predicted molar refractivity (Wildman–Crippen MR) is 85.4 cm³/mol. The summed E-state index contributed by atoms with van der Waals surface area (Å²) in [5.41, 5.74) is 7.42. The molecule has 0 aliphatic carbocycles. The van der Waals surface area contributed by atoms with Crippen molar-refractivity contribution in [2.75, 3.05) is 10.5 Å². The van der Waals surface area contributed by atoms with Crippen molar-refractivity contribution in [3.8, 4) is 0 Å². The molecule has 3 N–H and O–H groups in total. The highest BCUT2D eigenvalue weighted by Crippen LogP contribution is 2.32. The number of aromatic nitrogens is 1. The Labute approximate surface area is 133 Å². The van der Waals surface area contributed by atoms with E-state index in [2.05, 4.69) is 9.71 Å². The van der Waals surface area contributed by atoms with Gasteiger partial charge in [-0.3, -0.25) is 9.71 Å². The van der Waals surface area contributed by atoms with Crippen LogP contribution in [0.4, 0.5) is 11.4 Å². The van der Waals surface area contributed by atoms with Gasteiger partial charge in [0.15, 0.2) is 0 Å². The summed E-state index contributed by atoms with van der Waals surface area (Å²) >= 11 is 11.7. The maximum absolute atomic E-state index is 12.4. The number of anilines is 2. The maximum Gasteiger partial charge on any atom is 0.265 e. The number of pyridine rings is 1. The van der Waals surface area contributed by atoms with Gasteiger partial charge in [0.25, 0.3) is 10.0 Å². The number of nitrogens with two attached hydrogens (primary N) is 1. The van der Waals surface area contributed by atoms with Crippen LogP contribution < -0.4 is 10.5 Å². The molecule has 1 aromatic heterocycles. The smallest absolute Gasteiger partial charge is 0.265 e. The fourth-order valence-electron chi connectivity index (χ4n) is 1.85. The van der Waals surface area contributed by atoms with E-state index in [1.54, 1.807) is 19.1 Å². The van der Waals surface area contributed by atoms with Gasteiger partial charge in [0.05, 0.1) is 22.1 Å². The molecule has 0 saturated heterocycles. The van der Waals surface area contributed by atoms with Gasteiger partial charge in [0.1, 0.15) is 4.90 Å². The number of nitrogens with one attached hydrogen (secondary N) is 1. The van der Waals surface area contributed by atoms with Crippen molar-refractivity contribution >= 4 is 44.6 Å². The van der Waals surface area contributed by atoms with E-state index in [1.165, 1.54) is 12.1 Å². The molecule has 0 radical (unpaired) electrons. The molecule has 0 spiro atoms. The van der Waals surface area contributed by atoms with Crippen molar-refractivity contribution in [1.82, 2.24) is 4.98 Å². The Balaban J connectivity index is 2.48. The second-order valence-corrected chi connectivity index (χ2v) is 6.96. The lowest BCUT2D eigenvalue weighted by Crippen LogP contribution is -2.16. The van der Waals surface area contributed by atoms with E-state index in [4.69, 9.17) is 28.9 Å². The van der Waals surface area contributed by atoms with Gasteiger partial charge in [-0.2, -0.15) is 0 Å². The first-order valence-electron chi connectivity index (χ1n) is 5.92. The molecule has 0 saturated carbocycles. The molecule has 8 heteroatoms. The summed E-state index contributed by atoms with van der Waals surface area (Å²) in [5.74, 6) is 0. The van der Waals surface area contributed by atoms with Gasteiger partial charge >= 0.3 is 0 Å². The van der Waals surface area contributed by atoms with Crippen LogP contribution in [0.5, 0.6) is 0 Å². The van der Waals surface area contributed by atoms with Gasteiger partial charge in [-0.1, -0.05) is 23.2 Å². The first-order valence-corrected chi connectivity index (χ1v) is 8.16. The van der Waals surface area contributed by atoms with Gasteiger partial charge < -0.3 is 5.73 Å².